The van der Waals surface area contributed by atoms with Crippen molar-refractivity contribution < 1.29 is 18.0 Å². The molecule has 0 aliphatic heterocycles. The van der Waals surface area contributed by atoms with Gasteiger partial charge in [0.1, 0.15) is 5.58 Å². The standard InChI is InChI=1S/C16H9N3O5/c20-10-8-13(23-11-5-2-1-4-9(10)11)14(21)17-16-19-18-15(24-16)12-6-3-7-22-12/h1-8H,(H,17,19,21). The number of carbonyl (C=O) groups is 1. The second kappa shape index (κ2) is 5.51. The molecule has 0 saturated carbocycles. The van der Waals surface area contributed by atoms with Gasteiger partial charge in [0.25, 0.3) is 11.8 Å². The Morgan fingerprint density at radius 3 is 2.75 bits per heavy atom. The smallest absolute Gasteiger partial charge is 0.323 e. The van der Waals surface area contributed by atoms with Crippen LogP contribution in [0, 0.1) is 0 Å². The van der Waals surface area contributed by atoms with Crippen LogP contribution in [0.3, 0.4) is 0 Å². The zero-order valence-electron chi connectivity index (χ0n) is 12.1. The van der Waals surface area contributed by atoms with Gasteiger partial charge in [0.15, 0.2) is 16.9 Å². The average molecular weight is 323 g/mol. The molecule has 0 aliphatic carbocycles. The molecule has 8 nitrogen and oxygen atoms in total. The van der Waals surface area contributed by atoms with E-state index in [1.807, 2.05) is 0 Å². The summed E-state index contributed by atoms with van der Waals surface area (Å²) in [6, 6.07) is 10.9. The maximum atomic E-state index is 12.2. The summed E-state index contributed by atoms with van der Waals surface area (Å²) < 4.78 is 15.8. The SMILES string of the molecule is O=C(Nc1nnc(-c2ccco2)o1)c1cc(=O)c2ccccc2o1. The number of para-hydroxylation sites is 1. The van der Waals surface area contributed by atoms with Crippen LogP contribution in [0.25, 0.3) is 22.6 Å². The van der Waals surface area contributed by atoms with E-state index >= 15 is 0 Å². The molecule has 1 amide bonds. The van der Waals surface area contributed by atoms with Crippen molar-refractivity contribution in [3.05, 3.63) is 64.7 Å². The number of anilines is 1. The van der Waals surface area contributed by atoms with Crippen LogP contribution < -0.4 is 10.7 Å². The molecular weight excluding hydrogens is 314 g/mol. The van der Waals surface area contributed by atoms with Crippen molar-refractivity contribution in [2.75, 3.05) is 5.32 Å². The van der Waals surface area contributed by atoms with E-state index < -0.39 is 5.91 Å². The lowest BCUT2D eigenvalue weighted by Crippen LogP contribution is -2.15. The third-order valence-electron chi connectivity index (χ3n) is 3.24. The normalized spacial score (nSPS) is 10.8. The molecule has 3 aromatic heterocycles. The molecule has 4 aromatic rings. The van der Waals surface area contributed by atoms with E-state index in [0.717, 1.165) is 6.07 Å². The minimum atomic E-state index is -0.674. The van der Waals surface area contributed by atoms with Crippen LogP contribution in [0.15, 0.2) is 66.8 Å². The summed E-state index contributed by atoms with van der Waals surface area (Å²) in [4.78, 5) is 24.2. The van der Waals surface area contributed by atoms with Crippen LogP contribution in [0.5, 0.6) is 0 Å². The molecule has 8 heteroatoms. The summed E-state index contributed by atoms with van der Waals surface area (Å²) >= 11 is 0. The number of nitrogens with one attached hydrogen (secondary N) is 1. The number of nitrogens with zero attached hydrogens (tertiary/aromatic N) is 2. The topological polar surface area (TPSA) is 111 Å². The fourth-order valence-corrected chi connectivity index (χ4v) is 2.15. The summed E-state index contributed by atoms with van der Waals surface area (Å²) in [5.74, 6) is -0.334. The van der Waals surface area contributed by atoms with Gasteiger partial charge in [-0.1, -0.05) is 17.2 Å². The lowest BCUT2D eigenvalue weighted by molar-refractivity contribution is 0.0994. The van der Waals surface area contributed by atoms with Crippen molar-refractivity contribution in [1.29, 1.82) is 0 Å². The van der Waals surface area contributed by atoms with Crippen LogP contribution in [0.1, 0.15) is 10.6 Å². The number of hydrogen-bond acceptors (Lipinski definition) is 7. The number of fused-ring (bicyclic) bond motifs is 1. The van der Waals surface area contributed by atoms with Crippen LogP contribution in [0.4, 0.5) is 6.01 Å². The summed E-state index contributed by atoms with van der Waals surface area (Å²) in [7, 11) is 0. The average Bonchev–Trinajstić information content (AvgIpc) is 3.26. The van der Waals surface area contributed by atoms with Gasteiger partial charge in [-0.25, -0.2) is 0 Å². The molecule has 0 bridgehead atoms. The van der Waals surface area contributed by atoms with Crippen molar-refractivity contribution in [3.8, 4) is 11.7 Å². The highest BCUT2D eigenvalue weighted by Crippen LogP contribution is 2.20. The van der Waals surface area contributed by atoms with Crippen molar-refractivity contribution in [2.45, 2.75) is 0 Å². The highest BCUT2D eigenvalue weighted by Gasteiger charge is 2.17. The Hall–Kier alpha value is -3.68. The Balaban J connectivity index is 1.62. The zero-order valence-corrected chi connectivity index (χ0v) is 12.1. The summed E-state index contributed by atoms with van der Waals surface area (Å²) in [5, 5.41) is 10.2. The second-order valence-electron chi connectivity index (χ2n) is 4.81. The van der Waals surface area contributed by atoms with Gasteiger partial charge < -0.3 is 13.3 Å². The third kappa shape index (κ3) is 2.45. The van der Waals surface area contributed by atoms with E-state index in [-0.39, 0.29) is 23.1 Å². The first-order valence-electron chi connectivity index (χ1n) is 6.92. The van der Waals surface area contributed by atoms with E-state index in [1.165, 1.54) is 6.26 Å². The molecule has 3 heterocycles. The molecule has 1 aromatic carbocycles. The zero-order chi connectivity index (χ0) is 16.5. The highest BCUT2D eigenvalue weighted by atomic mass is 16.4. The number of carbonyl (C=O) groups excluding carboxylic acids is 1. The van der Waals surface area contributed by atoms with Gasteiger partial charge in [0.05, 0.1) is 11.6 Å². The Bertz CT molecular complexity index is 1080. The van der Waals surface area contributed by atoms with Gasteiger partial charge in [-0.15, -0.1) is 5.10 Å². The lowest BCUT2D eigenvalue weighted by atomic mass is 10.2. The predicted molar refractivity (Wildman–Crippen MR) is 82.4 cm³/mol. The Kier molecular flexibility index (Phi) is 3.20. The number of benzene rings is 1. The van der Waals surface area contributed by atoms with Crippen LogP contribution in [0.2, 0.25) is 0 Å². The second-order valence-corrected chi connectivity index (χ2v) is 4.81. The van der Waals surface area contributed by atoms with Gasteiger partial charge in [0, 0.05) is 6.07 Å². The van der Waals surface area contributed by atoms with E-state index in [0.29, 0.717) is 16.7 Å². The third-order valence-corrected chi connectivity index (χ3v) is 3.24. The molecule has 0 saturated heterocycles. The minimum absolute atomic E-state index is 0.121. The fourth-order valence-electron chi connectivity index (χ4n) is 2.15. The Morgan fingerprint density at radius 1 is 1.04 bits per heavy atom. The summed E-state index contributed by atoms with van der Waals surface area (Å²) in [5.41, 5.74) is 0.000701. The first kappa shape index (κ1) is 13.9. The van der Waals surface area contributed by atoms with Crippen molar-refractivity contribution in [3.63, 3.8) is 0 Å². The van der Waals surface area contributed by atoms with Crippen molar-refractivity contribution in [1.82, 2.24) is 10.2 Å². The quantitative estimate of drug-likeness (QED) is 0.617. The van der Waals surface area contributed by atoms with Crippen LogP contribution >= 0.6 is 0 Å². The maximum absolute atomic E-state index is 12.2. The lowest BCUT2D eigenvalue weighted by Gasteiger charge is -2.01. The number of rotatable bonds is 3. The monoisotopic (exact) mass is 323 g/mol. The molecule has 0 unspecified atom stereocenters. The Labute approximate surface area is 133 Å². The van der Waals surface area contributed by atoms with Gasteiger partial charge in [-0.3, -0.25) is 14.9 Å². The summed E-state index contributed by atoms with van der Waals surface area (Å²) in [6.07, 6.45) is 1.46. The number of hydrogen-bond donors (Lipinski definition) is 1. The molecule has 0 atom stereocenters. The largest absolute Gasteiger partial charge is 0.459 e. The van der Waals surface area contributed by atoms with Gasteiger partial charge in [-0.05, 0) is 24.3 Å². The first-order chi connectivity index (χ1) is 11.7. The van der Waals surface area contributed by atoms with E-state index in [4.69, 9.17) is 13.3 Å². The first-order valence-corrected chi connectivity index (χ1v) is 6.92. The van der Waals surface area contributed by atoms with Crippen molar-refractivity contribution >= 4 is 22.9 Å². The number of aromatic nitrogens is 2. The van der Waals surface area contributed by atoms with E-state index in [2.05, 4.69) is 15.5 Å². The van der Waals surface area contributed by atoms with Crippen LogP contribution in [-0.2, 0) is 0 Å². The molecule has 0 radical (unpaired) electrons. The molecule has 118 valence electrons. The minimum Gasteiger partial charge on any atom is -0.459 e. The number of amides is 1. The molecule has 0 fully saturated rings. The summed E-state index contributed by atoms with van der Waals surface area (Å²) in [6.45, 7) is 0. The van der Waals surface area contributed by atoms with E-state index in [1.54, 1.807) is 36.4 Å². The molecule has 24 heavy (non-hydrogen) atoms. The molecule has 4 rings (SSSR count). The van der Waals surface area contributed by atoms with Gasteiger partial charge in [-0.2, -0.15) is 0 Å². The fraction of sp³-hybridized carbons (Fsp3) is 0. The number of furan rings is 1. The predicted octanol–water partition coefficient (Wildman–Crippen LogP) is 2.69. The van der Waals surface area contributed by atoms with Gasteiger partial charge in [0.2, 0.25) is 0 Å². The van der Waals surface area contributed by atoms with Gasteiger partial charge >= 0.3 is 6.01 Å². The highest BCUT2D eigenvalue weighted by molar-refractivity contribution is 6.01. The molecule has 0 spiro atoms. The van der Waals surface area contributed by atoms with Crippen molar-refractivity contribution in [2.24, 2.45) is 0 Å². The maximum Gasteiger partial charge on any atom is 0.323 e. The Morgan fingerprint density at radius 2 is 1.92 bits per heavy atom. The van der Waals surface area contributed by atoms with E-state index in [9.17, 15) is 9.59 Å². The van der Waals surface area contributed by atoms with Crippen LogP contribution in [-0.4, -0.2) is 16.1 Å². The molecule has 0 aliphatic rings. The molecular formula is C16H9N3O5. The molecule has 1 N–H and O–H groups in total.